The van der Waals surface area contributed by atoms with Crippen LogP contribution in [0.1, 0.15) is 43.2 Å². The van der Waals surface area contributed by atoms with Gasteiger partial charge >= 0.3 is 0 Å². The molecular formula is C20H28N4O4S. The van der Waals surface area contributed by atoms with E-state index < -0.39 is 22.0 Å². The Balaban J connectivity index is 1.63. The number of benzene rings is 1. The smallest absolute Gasteiger partial charge is 0.246 e. The molecule has 29 heavy (non-hydrogen) atoms. The lowest BCUT2D eigenvalue weighted by Crippen LogP contribution is -2.41. The van der Waals surface area contributed by atoms with Crippen LogP contribution >= 0.6 is 0 Å². The fourth-order valence-corrected chi connectivity index (χ4v) is 5.11. The van der Waals surface area contributed by atoms with E-state index in [0.29, 0.717) is 5.69 Å². The van der Waals surface area contributed by atoms with Crippen molar-refractivity contribution in [2.75, 3.05) is 18.4 Å². The number of carbonyl (C=O) groups is 1. The number of carbonyl (C=O) groups excluding carboxylic acids is 1. The molecule has 0 unspecified atom stereocenters. The zero-order valence-electron chi connectivity index (χ0n) is 17.1. The van der Waals surface area contributed by atoms with Gasteiger partial charge in [0.15, 0.2) is 5.76 Å². The lowest BCUT2D eigenvalue weighted by molar-refractivity contribution is -0.117. The maximum Gasteiger partial charge on any atom is 0.246 e. The maximum absolute atomic E-state index is 12.6. The van der Waals surface area contributed by atoms with Crippen LogP contribution in [-0.4, -0.2) is 43.5 Å². The van der Waals surface area contributed by atoms with Crippen LogP contribution in [0.5, 0.6) is 0 Å². The summed E-state index contributed by atoms with van der Waals surface area (Å²) >= 11 is 0. The van der Waals surface area contributed by atoms with Gasteiger partial charge in [-0.05, 0) is 64.4 Å². The number of nitrogens with one attached hydrogen (secondary N) is 2. The lowest BCUT2D eigenvalue weighted by atomic mass is 10.1. The summed E-state index contributed by atoms with van der Waals surface area (Å²) in [5, 5.41) is 6.45. The molecule has 158 valence electrons. The average Bonchev–Trinajstić information content (AvgIpc) is 3.01. The van der Waals surface area contributed by atoms with Crippen LogP contribution < -0.4 is 10.0 Å². The van der Waals surface area contributed by atoms with Gasteiger partial charge in [0.05, 0.1) is 6.04 Å². The number of hydrogen-bond donors (Lipinski definition) is 2. The largest absolute Gasteiger partial charge is 0.360 e. The van der Waals surface area contributed by atoms with Crippen molar-refractivity contribution >= 4 is 21.6 Å². The number of hydrogen-bond acceptors (Lipinski definition) is 6. The van der Waals surface area contributed by atoms with Crippen LogP contribution in [0.3, 0.4) is 0 Å². The molecule has 1 amide bonds. The number of rotatable bonds is 7. The minimum absolute atomic E-state index is 0.0271. The quantitative estimate of drug-likeness (QED) is 0.713. The Labute approximate surface area is 171 Å². The second-order valence-corrected chi connectivity index (χ2v) is 9.17. The number of nitrogens with zero attached hydrogens (tertiary/aromatic N) is 2. The third kappa shape index (κ3) is 5.43. The van der Waals surface area contributed by atoms with E-state index in [4.69, 9.17) is 4.52 Å². The molecule has 1 aliphatic heterocycles. The topological polar surface area (TPSA) is 105 Å². The van der Waals surface area contributed by atoms with E-state index in [1.54, 1.807) is 13.0 Å². The third-order valence-electron chi connectivity index (χ3n) is 5.01. The summed E-state index contributed by atoms with van der Waals surface area (Å²) in [6.07, 6.45) is 3.73. The lowest BCUT2D eigenvalue weighted by Gasteiger charge is -2.26. The summed E-state index contributed by atoms with van der Waals surface area (Å²) in [7, 11) is -3.92. The van der Waals surface area contributed by atoms with Gasteiger partial charge in [0.25, 0.3) is 0 Å². The first-order chi connectivity index (χ1) is 13.8. The minimum atomic E-state index is -3.92. The van der Waals surface area contributed by atoms with E-state index in [-0.39, 0.29) is 16.3 Å². The van der Waals surface area contributed by atoms with E-state index in [9.17, 15) is 13.2 Å². The number of sulfonamides is 1. The molecule has 0 saturated carbocycles. The van der Waals surface area contributed by atoms with Gasteiger partial charge < -0.3 is 9.84 Å². The van der Waals surface area contributed by atoms with E-state index in [2.05, 4.69) is 20.1 Å². The highest BCUT2D eigenvalue weighted by atomic mass is 32.2. The minimum Gasteiger partial charge on any atom is -0.360 e. The number of likely N-dealkylation sites (tertiary alicyclic amines) is 1. The first-order valence-corrected chi connectivity index (χ1v) is 11.3. The molecule has 0 aliphatic carbocycles. The van der Waals surface area contributed by atoms with Gasteiger partial charge in [-0.2, -0.15) is 4.72 Å². The molecule has 1 saturated heterocycles. The monoisotopic (exact) mass is 420 g/mol. The maximum atomic E-state index is 12.6. The average molecular weight is 421 g/mol. The molecule has 3 rings (SSSR count). The van der Waals surface area contributed by atoms with Crippen molar-refractivity contribution < 1.29 is 17.7 Å². The summed E-state index contributed by atoms with van der Waals surface area (Å²) in [4.78, 5) is 14.9. The molecule has 0 radical (unpaired) electrons. The molecule has 1 fully saturated rings. The predicted octanol–water partition coefficient (Wildman–Crippen LogP) is 2.58. The molecule has 8 nitrogen and oxygen atoms in total. The molecule has 1 aliphatic rings. The highest BCUT2D eigenvalue weighted by Gasteiger charge is 2.28. The number of aryl methyl sites for hydroxylation is 2. The fraction of sp³-hybridized carbons (Fsp3) is 0.500. The number of amides is 1. The van der Waals surface area contributed by atoms with Crippen LogP contribution in [0, 0.1) is 13.8 Å². The standard InChI is InChI=1S/C20H28N4O4S/c1-14-19(16(3)28-22-14)29(26,27)23-15(2)20(25)21-18-9-7-8-17(12-18)13-24-10-5-4-6-11-24/h7-9,12,15,23H,4-6,10-11,13H2,1-3H3,(H,21,25)/t15-/m0/s1. The van der Waals surface area contributed by atoms with Crippen molar-refractivity contribution in [2.45, 2.75) is 57.5 Å². The fourth-order valence-electron chi connectivity index (χ4n) is 3.58. The van der Waals surface area contributed by atoms with Crippen molar-refractivity contribution in [3.05, 3.63) is 41.3 Å². The van der Waals surface area contributed by atoms with Gasteiger partial charge in [0.1, 0.15) is 10.6 Å². The molecule has 2 N–H and O–H groups in total. The van der Waals surface area contributed by atoms with Gasteiger partial charge in [0.2, 0.25) is 15.9 Å². The Morgan fingerprint density at radius 1 is 1.24 bits per heavy atom. The molecule has 2 heterocycles. The van der Waals surface area contributed by atoms with Crippen molar-refractivity contribution in [1.82, 2.24) is 14.8 Å². The van der Waals surface area contributed by atoms with Gasteiger partial charge in [-0.15, -0.1) is 0 Å². The SMILES string of the molecule is Cc1noc(C)c1S(=O)(=O)N[C@@H](C)C(=O)Nc1cccc(CN2CCCCC2)c1. The summed E-state index contributed by atoms with van der Waals surface area (Å²) in [6.45, 7) is 7.60. The summed E-state index contributed by atoms with van der Waals surface area (Å²) in [5.74, 6) is -0.247. The Kier molecular flexibility index (Phi) is 6.71. The van der Waals surface area contributed by atoms with Crippen LogP contribution in [0.4, 0.5) is 5.69 Å². The van der Waals surface area contributed by atoms with E-state index in [1.165, 1.54) is 33.1 Å². The Morgan fingerprint density at radius 3 is 2.62 bits per heavy atom. The zero-order chi connectivity index (χ0) is 21.0. The van der Waals surface area contributed by atoms with E-state index >= 15 is 0 Å². The van der Waals surface area contributed by atoms with Gasteiger partial charge in [-0.25, -0.2) is 8.42 Å². The first kappa shape index (κ1) is 21.5. The predicted molar refractivity (Wildman–Crippen MR) is 110 cm³/mol. The number of anilines is 1. The summed E-state index contributed by atoms with van der Waals surface area (Å²) in [6, 6.07) is 6.70. The Bertz CT molecular complexity index is 945. The second-order valence-electron chi connectivity index (χ2n) is 7.52. The highest BCUT2D eigenvalue weighted by molar-refractivity contribution is 7.89. The van der Waals surface area contributed by atoms with Gasteiger partial charge in [-0.3, -0.25) is 9.69 Å². The van der Waals surface area contributed by atoms with Crippen LogP contribution in [0.15, 0.2) is 33.7 Å². The van der Waals surface area contributed by atoms with Crippen molar-refractivity contribution in [3.63, 3.8) is 0 Å². The number of piperidine rings is 1. The first-order valence-electron chi connectivity index (χ1n) is 9.83. The third-order valence-corrected chi connectivity index (χ3v) is 6.80. The number of aromatic nitrogens is 1. The van der Waals surface area contributed by atoms with E-state index in [0.717, 1.165) is 25.2 Å². The summed E-state index contributed by atoms with van der Waals surface area (Å²) < 4.78 is 32.5. The molecule has 1 aromatic carbocycles. The molecule has 1 atom stereocenters. The molecular weight excluding hydrogens is 392 g/mol. The van der Waals surface area contributed by atoms with Crippen molar-refractivity contribution in [1.29, 1.82) is 0 Å². The molecule has 0 spiro atoms. The Morgan fingerprint density at radius 2 is 1.97 bits per heavy atom. The zero-order valence-corrected chi connectivity index (χ0v) is 17.9. The van der Waals surface area contributed by atoms with Gasteiger partial charge in [-0.1, -0.05) is 23.7 Å². The van der Waals surface area contributed by atoms with Gasteiger partial charge in [0, 0.05) is 12.2 Å². The van der Waals surface area contributed by atoms with Crippen LogP contribution in [-0.2, 0) is 21.4 Å². The second kappa shape index (κ2) is 9.06. The highest BCUT2D eigenvalue weighted by Crippen LogP contribution is 2.20. The van der Waals surface area contributed by atoms with E-state index in [1.807, 2.05) is 18.2 Å². The van der Waals surface area contributed by atoms with Crippen LogP contribution in [0.25, 0.3) is 0 Å². The van der Waals surface area contributed by atoms with Crippen molar-refractivity contribution in [3.8, 4) is 0 Å². The Hall–Kier alpha value is -2.23. The van der Waals surface area contributed by atoms with Crippen LogP contribution in [0.2, 0.25) is 0 Å². The molecule has 0 bridgehead atoms. The summed E-state index contributed by atoms with van der Waals surface area (Å²) in [5.41, 5.74) is 2.02. The molecule has 1 aromatic heterocycles. The van der Waals surface area contributed by atoms with Crippen molar-refractivity contribution in [2.24, 2.45) is 0 Å². The molecule has 2 aromatic rings. The molecule has 9 heteroatoms. The normalized spacial score (nSPS) is 16.5.